The molecule has 0 aliphatic carbocycles. The molecule has 0 saturated carbocycles. The van der Waals surface area contributed by atoms with Crippen LogP contribution in [0, 0.1) is 10.1 Å². The molecule has 2 aromatic rings. The van der Waals surface area contributed by atoms with E-state index in [-0.39, 0.29) is 16.3 Å². The molecule has 0 radical (unpaired) electrons. The minimum absolute atomic E-state index is 0.0843. The fraction of sp³-hybridized carbons (Fsp3) is 0.333. The Kier molecular flexibility index (Phi) is 5.71. The third-order valence-electron chi connectivity index (χ3n) is 4.53. The third kappa shape index (κ3) is 3.87. The van der Waals surface area contributed by atoms with E-state index in [4.69, 9.17) is 9.47 Å². The summed E-state index contributed by atoms with van der Waals surface area (Å²) in [5, 5.41) is 14.5. The number of ether oxygens (including phenoxy) is 2. The lowest BCUT2D eigenvalue weighted by Crippen LogP contribution is -2.27. The second-order valence-corrected chi connectivity index (χ2v) is 8.18. The summed E-state index contributed by atoms with van der Waals surface area (Å²) in [5.74, 6) is 0.984. The Bertz CT molecular complexity index is 987. The maximum atomic E-state index is 12.7. The number of nitro benzene ring substituents is 1. The van der Waals surface area contributed by atoms with Crippen LogP contribution in [0.4, 0.5) is 17.1 Å². The van der Waals surface area contributed by atoms with Gasteiger partial charge in [-0.3, -0.25) is 10.1 Å². The highest BCUT2D eigenvalue weighted by Crippen LogP contribution is 2.35. The van der Waals surface area contributed by atoms with Crippen LogP contribution in [0.3, 0.4) is 0 Å². The molecule has 0 unspecified atom stereocenters. The smallest absolute Gasteiger partial charge is 0.294 e. The van der Waals surface area contributed by atoms with Crippen molar-refractivity contribution in [3.05, 3.63) is 46.5 Å². The second kappa shape index (κ2) is 8.03. The monoisotopic (exact) mass is 407 g/mol. The third-order valence-corrected chi connectivity index (χ3v) is 6.43. The first-order valence-electron chi connectivity index (χ1n) is 8.64. The predicted octanol–water partition coefficient (Wildman–Crippen LogP) is 3.14. The summed E-state index contributed by atoms with van der Waals surface area (Å²) in [5.41, 5.74) is 0.392. The lowest BCUT2D eigenvalue weighted by molar-refractivity contribution is -0.384. The van der Waals surface area contributed by atoms with Gasteiger partial charge in [0, 0.05) is 30.9 Å². The van der Waals surface area contributed by atoms with Crippen LogP contribution in [0.15, 0.2) is 41.3 Å². The maximum absolute atomic E-state index is 12.7. The van der Waals surface area contributed by atoms with Crippen LogP contribution in [-0.2, 0) is 10.0 Å². The van der Waals surface area contributed by atoms with E-state index in [0.717, 1.165) is 18.9 Å². The number of nitro groups is 1. The normalized spacial score (nSPS) is 14.6. The Labute approximate surface area is 163 Å². The number of sulfonamides is 1. The van der Waals surface area contributed by atoms with E-state index in [2.05, 4.69) is 5.32 Å². The molecule has 1 aliphatic rings. The summed E-state index contributed by atoms with van der Waals surface area (Å²) in [7, 11) is -0.742. The quantitative estimate of drug-likeness (QED) is 0.554. The van der Waals surface area contributed by atoms with Gasteiger partial charge in [0.2, 0.25) is 10.0 Å². The van der Waals surface area contributed by atoms with Gasteiger partial charge in [-0.15, -0.1) is 0 Å². The first-order chi connectivity index (χ1) is 13.4. The number of benzene rings is 2. The summed E-state index contributed by atoms with van der Waals surface area (Å²) in [6.07, 6.45) is 1.58. The molecule has 1 aliphatic heterocycles. The lowest BCUT2D eigenvalue weighted by Gasteiger charge is -2.16. The van der Waals surface area contributed by atoms with Gasteiger partial charge in [-0.05, 0) is 37.1 Å². The van der Waals surface area contributed by atoms with Crippen molar-refractivity contribution in [1.29, 1.82) is 0 Å². The number of nitrogens with one attached hydrogen (secondary N) is 1. The zero-order valence-corrected chi connectivity index (χ0v) is 16.4. The molecule has 28 heavy (non-hydrogen) atoms. The van der Waals surface area contributed by atoms with Crippen LogP contribution in [0.25, 0.3) is 0 Å². The van der Waals surface area contributed by atoms with Crippen LogP contribution in [0.2, 0.25) is 0 Å². The van der Waals surface area contributed by atoms with Crippen LogP contribution >= 0.6 is 0 Å². The summed E-state index contributed by atoms with van der Waals surface area (Å²) in [6, 6.07) is 8.86. The molecule has 1 N–H and O–H groups in total. The fourth-order valence-electron chi connectivity index (χ4n) is 3.08. The minimum Gasteiger partial charge on any atom is -0.493 e. The van der Waals surface area contributed by atoms with Gasteiger partial charge in [-0.1, -0.05) is 0 Å². The number of hydrogen-bond donors (Lipinski definition) is 1. The largest absolute Gasteiger partial charge is 0.493 e. The number of nitrogens with zero attached hydrogens (tertiary/aromatic N) is 2. The van der Waals surface area contributed by atoms with Crippen molar-refractivity contribution in [3.8, 4) is 11.5 Å². The first-order valence-corrected chi connectivity index (χ1v) is 10.1. The van der Waals surface area contributed by atoms with Crippen molar-refractivity contribution < 1.29 is 22.8 Å². The molecule has 10 heteroatoms. The zero-order chi connectivity index (χ0) is 20.3. The first kappa shape index (κ1) is 19.9. The van der Waals surface area contributed by atoms with Gasteiger partial charge in [0.15, 0.2) is 11.5 Å². The van der Waals surface area contributed by atoms with Gasteiger partial charge in [-0.25, -0.2) is 8.42 Å². The van der Waals surface area contributed by atoms with E-state index in [1.807, 2.05) is 0 Å². The molecule has 1 saturated heterocycles. The van der Waals surface area contributed by atoms with Crippen molar-refractivity contribution >= 4 is 27.1 Å². The van der Waals surface area contributed by atoms with Crippen molar-refractivity contribution in [2.75, 3.05) is 32.6 Å². The molecule has 0 aromatic heterocycles. The van der Waals surface area contributed by atoms with Gasteiger partial charge in [-0.2, -0.15) is 4.31 Å². The van der Waals surface area contributed by atoms with E-state index >= 15 is 0 Å². The molecule has 1 fully saturated rings. The van der Waals surface area contributed by atoms with Crippen LogP contribution in [0.1, 0.15) is 12.8 Å². The lowest BCUT2D eigenvalue weighted by atomic mass is 10.2. The number of methoxy groups -OCH3 is 2. The molecule has 150 valence electrons. The van der Waals surface area contributed by atoms with Gasteiger partial charge in [0.25, 0.3) is 5.69 Å². The molecule has 0 atom stereocenters. The van der Waals surface area contributed by atoms with Crippen molar-refractivity contribution in [2.45, 2.75) is 17.7 Å². The summed E-state index contributed by atoms with van der Waals surface area (Å²) in [6.45, 7) is 0.865. The predicted molar refractivity (Wildman–Crippen MR) is 104 cm³/mol. The zero-order valence-electron chi connectivity index (χ0n) is 15.5. The highest BCUT2D eigenvalue weighted by atomic mass is 32.2. The standard InChI is InChI=1S/C18H21N3O6S/c1-26-17-8-5-13(11-18(17)27-2)19-15-7-6-14(12-16(15)21(22)23)28(24,25)20-9-3-4-10-20/h5-8,11-12,19H,3-4,9-10H2,1-2H3. The van der Waals surface area contributed by atoms with Crippen molar-refractivity contribution in [3.63, 3.8) is 0 Å². The second-order valence-electron chi connectivity index (χ2n) is 6.24. The maximum Gasteiger partial charge on any atom is 0.294 e. The number of rotatable bonds is 7. The molecule has 0 amide bonds. The highest BCUT2D eigenvalue weighted by molar-refractivity contribution is 7.89. The van der Waals surface area contributed by atoms with Gasteiger partial charge in [0.05, 0.1) is 24.0 Å². The Morgan fingerprint density at radius 3 is 2.32 bits per heavy atom. The van der Waals surface area contributed by atoms with Gasteiger partial charge >= 0.3 is 0 Å². The van der Waals surface area contributed by atoms with E-state index in [1.54, 1.807) is 18.2 Å². The summed E-state index contributed by atoms with van der Waals surface area (Å²) < 4.78 is 37.1. The topological polar surface area (TPSA) is 111 Å². The molecule has 0 bridgehead atoms. The molecule has 2 aromatic carbocycles. The van der Waals surface area contributed by atoms with Crippen molar-refractivity contribution in [2.24, 2.45) is 0 Å². The molecule has 0 spiro atoms. The Hall–Kier alpha value is -2.85. The molecular weight excluding hydrogens is 386 g/mol. The van der Waals surface area contributed by atoms with Crippen LogP contribution < -0.4 is 14.8 Å². The number of hydrogen-bond acceptors (Lipinski definition) is 7. The molecule has 9 nitrogen and oxygen atoms in total. The van der Waals surface area contributed by atoms with Crippen LogP contribution in [0.5, 0.6) is 11.5 Å². The average molecular weight is 407 g/mol. The van der Waals surface area contributed by atoms with Gasteiger partial charge < -0.3 is 14.8 Å². The minimum atomic E-state index is -3.74. The van der Waals surface area contributed by atoms with E-state index in [1.165, 1.54) is 30.7 Å². The molecular formula is C18H21N3O6S. The number of anilines is 2. The van der Waals surface area contributed by atoms with E-state index < -0.39 is 14.9 Å². The van der Waals surface area contributed by atoms with Crippen molar-refractivity contribution in [1.82, 2.24) is 4.31 Å². The average Bonchev–Trinajstić information content (AvgIpc) is 3.23. The van der Waals surface area contributed by atoms with E-state index in [9.17, 15) is 18.5 Å². The van der Waals surface area contributed by atoms with Gasteiger partial charge in [0.1, 0.15) is 5.69 Å². The Balaban J connectivity index is 1.95. The highest BCUT2D eigenvalue weighted by Gasteiger charge is 2.29. The summed E-state index contributed by atoms with van der Waals surface area (Å²) >= 11 is 0. The Morgan fingerprint density at radius 2 is 1.71 bits per heavy atom. The SMILES string of the molecule is COc1ccc(Nc2ccc(S(=O)(=O)N3CCCC3)cc2[N+](=O)[O-])cc1OC. The van der Waals surface area contributed by atoms with E-state index in [0.29, 0.717) is 30.3 Å². The summed E-state index contributed by atoms with van der Waals surface area (Å²) in [4.78, 5) is 10.9. The van der Waals surface area contributed by atoms with Crippen LogP contribution in [-0.4, -0.2) is 45.0 Å². The fourth-order valence-corrected chi connectivity index (χ4v) is 4.61. The Morgan fingerprint density at radius 1 is 1.04 bits per heavy atom. The molecule has 3 rings (SSSR count). The molecule has 1 heterocycles.